The van der Waals surface area contributed by atoms with E-state index in [9.17, 15) is 0 Å². The van der Waals surface area contributed by atoms with Gasteiger partial charge in [-0.3, -0.25) is 0 Å². The molecule has 66 valence electrons. The van der Waals surface area contributed by atoms with Gasteiger partial charge in [-0.05, 0) is 24.3 Å². The Hall–Kier alpha value is -1.46. The number of methoxy groups -OCH3 is 1. The van der Waals surface area contributed by atoms with Crippen molar-refractivity contribution >= 4 is 0 Å². The Bertz CT molecular complexity index is 339. The zero-order chi connectivity index (χ0) is 9.10. The van der Waals surface area contributed by atoms with Crippen molar-refractivity contribution in [2.45, 2.75) is 6.10 Å². The molecule has 2 heteroatoms. The van der Waals surface area contributed by atoms with Gasteiger partial charge in [0.1, 0.15) is 11.9 Å². The molecular formula is C11H10O2. The molecule has 1 atom stereocenters. The molecule has 0 saturated carbocycles. The van der Waals surface area contributed by atoms with Gasteiger partial charge in [-0.15, -0.1) is 0 Å². The Balaban J connectivity index is 2.09. The molecule has 13 heavy (non-hydrogen) atoms. The van der Waals surface area contributed by atoms with E-state index in [0.717, 1.165) is 17.9 Å². The topological polar surface area (TPSA) is 21.8 Å². The van der Waals surface area contributed by atoms with E-state index in [-0.39, 0.29) is 6.10 Å². The lowest BCUT2D eigenvalue weighted by molar-refractivity contribution is 0.415. The SMILES string of the molecule is COc1ccc(C#C[C@H]2CO2)cc1. The first-order valence-electron chi connectivity index (χ1n) is 4.16. The molecule has 1 saturated heterocycles. The summed E-state index contributed by atoms with van der Waals surface area (Å²) in [7, 11) is 1.65. The maximum atomic E-state index is 5.03. The van der Waals surface area contributed by atoms with Crippen molar-refractivity contribution in [3.8, 4) is 17.6 Å². The lowest BCUT2D eigenvalue weighted by Crippen LogP contribution is -1.82. The minimum Gasteiger partial charge on any atom is -0.497 e. The Morgan fingerprint density at radius 3 is 2.62 bits per heavy atom. The highest BCUT2D eigenvalue weighted by Crippen LogP contribution is 2.11. The summed E-state index contributed by atoms with van der Waals surface area (Å²) in [5.74, 6) is 6.88. The molecule has 1 aromatic carbocycles. The van der Waals surface area contributed by atoms with Crippen LogP contribution in [0.15, 0.2) is 24.3 Å². The molecule has 0 radical (unpaired) electrons. The van der Waals surface area contributed by atoms with E-state index in [1.54, 1.807) is 7.11 Å². The van der Waals surface area contributed by atoms with E-state index in [0.29, 0.717) is 0 Å². The number of benzene rings is 1. The van der Waals surface area contributed by atoms with Crippen molar-refractivity contribution in [3.05, 3.63) is 29.8 Å². The fourth-order valence-electron chi connectivity index (χ4n) is 0.970. The lowest BCUT2D eigenvalue weighted by Gasteiger charge is -1.97. The molecule has 0 bridgehead atoms. The fraction of sp³-hybridized carbons (Fsp3) is 0.273. The van der Waals surface area contributed by atoms with E-state index in [2.05, 4.69) is 11.8 Å². The van der Waals surface area contributed by atoms with Crippen molar-refractivity contribution in [1.82, 2.24) is 0 Å². The Morgan fingerprint density at radius 2 is 2.08 bits per heavy atom. The summed E-state index contributed by atoms with van der Waals surface area (Å²) in [5.41, 5.74) is 0.997. The third kappa shape index (κ3) is 2.24. The Labute approximate surface area is 77.5 Å². The van der Waals surface area contributed by atoms with Crippen LogP contribution in [0.5, 0.6) is 5.75 Å². The van der Waals surface area contributed by atoms with Crippen molar-refractivity contribution in [2.24, 2.45) is 0 Å². The second kappa shape index (κ2) is 3.51. The molecule has 2 nitrogen and oxygen atoms in total. The van der Waals surface area contributed by atoms with Gasteiger partial charge in [0, 0.05) is 5.56 Å². The lowest BCUT2D eigenvalue weighted by atomic mass is 10.2. The van der Waals surface area contributed by atoms with Crippen molar-refractivity contribution in [3.63, 3.8) is 0 Å². The summed E-state index contributed by atoms with van der Waals surface area (Å²) in [5, 5.41) is 0. The van der Waals surface area contributed by atoms with E-state index >= 15 is 0 Å². The molecule has 1 fully saturated rings. The predicted octanol–water partition coefficient (Wildman–Crippen LogP) is 1.45. The molecule has 0 aliphatic carbocycles. The van der Waals surface area contributed by atoms with Crippen LogP contribution in [0.1, 0.15) is 5.56 Å². The highest BCUT2D eigenvalue weighted by atomic mass is 16.6. The van der Waals surface area contributed by atoms with Crippen LogP contribution >= 0.6 is 0 Å². The van der Waals surface area contributed by atoms with Crippen LogP contribution < -0.4 is 4.74 Å². The van der Waals surface area contributed by atoms with Crippen molar-refractivity contribution < 1.29 is 9.47 Å². The molecule has 0 spiro atoms. The summed E-state index contributed by atoms with van der Waals surface area (Å²) in [6, 6.07) is 7.68. The average molecular weight is 174 g/mol. The summed E-state index contributed by atoms with van der Waals surface area (Å²) in [4.78, 5) is 0. The number of epoxide rings is 1. The van der Waals surface area contributed by atoms with Crippen LogP contribution in [-0.4, -0.2) is 19.8 Å². The second-order valence-corrected chi connectivity index (χ2v) is 2.82. The normalized spacial score (nSPS) is 18.7. The zero-order valence-electron chi connectivity index (χ0n) is 7.41. The van der Waals surface area contributed by atoms with Gasteiger partial charge in [-0.1, -0.05) is 11.8 Å². The maximum absolute atomic E-state index is 5.03. The predicted molar refractivity (Wildman–Crippen MR) is 49.6 cm³/mol. The van der Waals surface area contributed by atoms with Crippen molar-refractivity contribution in [2.75, 3.05) is 13.7 Å². The second-order valence-electron chi connectivity index (χ2n) is 2.82. The van der Waals surface area contributed by atoms with Crippen molar-refractivity contribution in [1.29, 1.82) is 0 Å². The molecule has 0 unspecified atom stereocenters. The first-order valence-corrected chi connectivity index (χ1v) is 4.16. The van der Waals surface area contributed by atoms with Gasteiger partial charge in [0.15, 0.2) is 0 Å². The molecule has 1 heterocycles. The van der Waals surface area contributed by atoms with Gasteiger partial charge in [0.25, 0.3) is 0 Å². The number of rotatable bonds is 1. The van der Waals surface area contributed by atoms with Crippen LogP contribution in [0.25, 0.3) is 0 Å². The van der Waals surface area contributed by atoms with Gasteiger partial charge in [-0.2, -0.15) is 0 Å². The third-order valence-electron chi connectivity index (χ3n) is 1.80. The Morgan fingerprint density at radius 1 is 1.38 bits per heavy atom. The molecule has 0 N–H and O–H groups in total. The summed E-state index contributed by atoms with van der Waals surface area (Å²) >= 11 is 0. The molecule has 2 rings (SSSR count). The largest absolute Gasteiger partial charge is 0.497 e. The zero-order valence-corrected chi connectivity index (χ0v) is 7.41. The van der Waals surface area contributed by atoms with Gasteiger partial charge in [0.2, 0.25) is 0 Å². The summed E-state index contributed by atoms with van der Waals surface area (Å²) in [6.45, 7) is 0.781. The van der Waals surface area contributed by atoms with E-state index in [1.807, 2.05) is 24.3 Å². The minimum atomic E-state index is 0.169. The third-order valence-corrected chi connectivity index (χ3v) is 1.80. The molecule has 0 aromatic heterocycles. The van der Waals surface area contributed by atoms with Gasteiger partial charge in [-0.25, -0.2) is 0 Å². The smallest absolute Gasteiger partial charge is 0.142 e. The fourth-order valence-corrected chi connectivity index (χ4v) is 0.970. The standard InChI is InChI=1S/C11H10O2/c1-12-10-5-2-9(3-6-10)4-7-11-8-13-11/h2-3,5-6,11H,8H2,1H3/t11-/m0/s1. The van der Waals surface area contributed by atoms with Crippen LogP contribution in [0, 0.1) is 11.8 Å². The molecule has 0 amide bonds. The minimum absolute atomic E-state index is 0.169. The molecular weight excluding hydrogens is 164 g/mol. The van der Waals surface area contributed by atoms with Crippen LogP contribution in [-0.2, 0) is 4.74 Å². The number of hydrogen-bond donors (Lipinski definition) is 0. The van der Waals surface area contributed by atoms with Crippen LogP contribution in [0.4, 0.5) is 0 Å². The summed E-state index contributed by atoms with van der Waals surface area (Å²) in [6.07, 6.45) is 0.169. The summed E-state index contributed by atoms with van der Waals surface area (Å²) < 4.78 is 10.0. The van der Waals surface area contributed by atoms with E-state index in [4.69, 9.17) is 9.47 Å². The first kappa shape index (κ1) is 8.15. The number of ether oxygens (including phenoxy) is 2. The Kier molecular flexibility index (Phi) is 2.20. The number of hydrogen-bond acceptors (Lipinski definition) is 2. The van der Waals surface area contributed by atoms with E-state index < -0.39 is 0 Å². The molecule has 1 aliphatic heterocycles. The quantitative estimate of drug-likeness (QED) is 0.474. The average Bonchev–Trinajstić information content (AvgIpc) is 2.99. The van der Waals surface area contributed by atoms with Crippen LogP contribution in [0.3, 0.4) is 0 Å². The highest BCUT2D eigenvalue weighted by molar-refractivity contribution is 5.39. The highest BCUT2D eigenvalue weighted by Gasteiger charge is 2.18. The van der Waals surface area contributed by atoms with E-state index in [1.165, 1.54) is 0 Å². The molecule has 1 aromatic rings. The van der Waals surface area contributed by atoms with Gasteiger partial charge < -0.3 is 9.47 Å². The first-order chi connectivity index (χ1) is 6.38. The monoisotopic (exact) mass is 174 g/mol. The van der Waals surface area contributed by atoms with Crippen LogP contribution in [0.2, 0.25) is 0 Å². The van der Waals surface area contributed by atoms with Gasteiger partial charge in [0.05, 0.1) is 13.7 Å². The van der Waals surface area contributed by atoms with Gasteiger partial charge >= 0.3 is 0 Å². The molecule has 1 aliphatic rings. The maximum Gasteiger partial charge on any atom is 0.142 e.